The molecule has 0 saturated heterocycles. The number of rotatable bonds is 5. The SMILES string of the molecule is N#CCNC(=O)CNCc1ccccc1Br. The Morgan fingerprint density at radius 2 is 2.19 bits per heavy atom. The average molecular weight is 282 g/mol. The van der Waals surface area contributed by atoms with Gasteiger partial charge in [-0.05, 0) is 11.6 Å². The first-order valence-corrected chi connectivity index (χ1v) is 5.61. The molecule has 1 aromatic rings. The molecule has 84 valence electrons. The van der Waals surface area contributed by atoms with E-state index in [9.17, 15) is 4.79 Å². The van der Waals surface area contributed by atoms with Crippen molar-refractivity contribution < 1.29 is 4.79 Å². The van der Waals surface area contributed by atoms with Crippen molar-refractivity contribution in [3.8, 4) is 6.07 Å². The van der Waals surface area contributed by atoms with Crippen LogP contribution in [0.25, 0.3) is 0 Å². The summed E-state index contributed by atoms with van der Waals surface area (Å²) in [6, 6.07) is 9.66. The predicted molar refractivity (Wildman–Crippen MR) is 64.5 cm³/mol. The summed E-state index contributed by atoms with van der Waals surface area (Å²) in [4.78, 5) is 11.1. The van der Waals surface area contributed by atoms with Crippen LogP contribution in [0.3, 0.4) is 0 Å². The summed E-state index contributed by atoms with van der Waals surface area (Å²) in [7, 11) is 0. The summed E-state index contributed by atoms with van der Waals surface area (Å²) in [5.74, 6) is -0.173. The first kappa shape index (κ1) is 12.7. The minimum absolute atomic E-state index is 0.0511. The molecule has 0 fully saturated rings. The van der Waals surface area contributed by atoms with Gasteiger partial charge >= 0.3 is 0 Å². The third-order valence-corrected chi connectivity index (χ3v) is 2.70. The van der Waals surface area contributed by atoms with Crippen LogP contribution < -0.4 is 10.6 Å². The molecule has 1 aromatic carbocycles. The third kappa shape index (κ3) is 4.43. The van der Waals surface area contributed by atoms with Gasteiger partial charge in [0, 0.05) is 11.0 Å². The molecule has 0 aliphatic rings. The molecule has 0 atom stereocenters. The number of nitrogens with one attached hydrogen (secondary N) is 2. The molecule has 0 heterocycles. The molecule has 1 amide bonds. The molecular weight excluding hydrogens is 270 g/mol. The maximum Gasteiger partial charge on any atom is 0.234 e. The lowest BCUT2D eigenvalue weighted by Gasteiger charge is -2.06. The second-order valence-corrected chi connectivity index (χ2v) is 3.98. The van der Waals surface area contributed by atoms with Crippen LogP contribution in [-0.2, 0) is 11.3 Å². The van der Waals surface area contributed by atoms with E-state index < -0.39 is 0 Å². The molecule has 0 saturated carbocycles. The highest BCUT2D eigenvalue weighted by atomic mass is 79.9. The standard InChI is InChI=1S/C11H12BrN3O/c12-10-4-2-1-3-9(10)7-14-8-11(16)15-6-5-13/h1-4,14H,6-8H2,(H,15,16). The summed E-state index contributed by atoms with van der Waals surface area (Å²) < 4.78 is 1.01. The molecule has 4 nitrogen and oxygen atoms in total. The number of hydrogen-bond donors (Lipinski definition) is 2. The van der Waals surface area contributed by atoms with Crippen molar-refractivity contribution in [2.45, 2.75) is 6.54 Å². The molecule has 2 N–H and O–H groups in total. The zero-order valence-electron chi connectivity index (χ0n) is 8.66. The minimum atomic E-state index is -0.173. The molecule has 0 spiro atoms. The number of benzene rings is 1. The molecule has 0 unspecified atom stereocenters. The molecule has 16 heavy (non-hydrogen) atoms. The van der Waals surface area contributed by atoms with Crippen molar-refractivity contribution in [1.82, 2.24) is 10.6 Å². The van der Waals surface area contributed by atoms with Gasteiger partial charge in [0.2, 0.25) is 5.91 Å². The second-order valence-electron chi connectivity index (χ2n) is 3.13. The predicted octanol–water partition coefficient (Wildman–Crippen LogP) is 1.18. The monoisotopic (exact) mass is 281 g/mol. The molecule has 0 aliphatic carbocycles. The van der Waals surface area contributed by atoms with Crippen LogP contribution in [0.4, 0.5) is 0 Å². The fraction of sp³-hybridized carbons (Fsp3) is 0.273. The largest absolute Gasteiger partial charge is 0.342 e. The summed E-state index contributed by atoms with van der Waals surface area (Å²) >= 11 is 3.42. The van der Waals surface area contributed by atoms with E-state index in [0.29, 0.717) is 6.54 Å². The van der Waals surface area contributed by atoms with E-state index in [0.717, 1.165) is 10.0 Å². The zero-order valence-corrected chi connectivity index (χ0v) is 10.3. The van der Waals surface area contributed by atoms with Gasteiger partial charge in [0.25, 0.3) is 0 Å². The quantitative estimate of drug-likeness (QED) is 0.797. The summed E-state index contributed by atoms with van der Waals surface area (Å²) in [5, 5.41) is 13.7. The van der Waals surface area contributed by atoms with Crippen LogP contribution in [0.2, 0.25) is 0 Å². The Balaban J connectivity index is 2.29. The maximum atomic E-state index is 11.1. The summed E-state index contributed by atoms with van der Waals surface area (Å²) in [5.41, 5.74) is 1.09. The van der Waals surface area contributed by atoms with E-state index >= 15 is 0 Å². The van der Waals surface area contributed by atoms with Crippen molar-refractivity contribution >= 4 is 21.8 Å². The first-order valence-electron chi connectivity index (χ1n) is 4.82. The van der Waals surface area contributed by atoms with Gasteiger partial charge in [0.05, 0.1) is 12.6 Å². The van der Waals surface area contributed by atoms with Crippen LogP contribution in [0.5, 0.6) is 0 Å². The van der Waals surface area contributed by atoms with E-state index in [4.69, 9.17) is 5.26 Å². The van der Waals surface area contributed by atoms with Crippen LogP contribution >= 0.6 is 15.9 Å². The Morgan fingerprint density at radius 3 is 2.88 bits per heavy atom. The van der Waals surface area contributed by atoms with Gasteiger partial charge in [-0.1, -0.05) is 34.1 Å². The fourth-order valence-corrected chi connectivity index (χ4v) is 1.58. The van der Waals surface area contributed by atoms with Crippen LogP contribution in [0, 0.1) is 11.3 Å². The van der Waals surface area contributed by atoms with E-state index in [1.165, 1.54) is 0 Å². The normalized spacial score (nSPS) is 9.50. The number of carbonyl (C=O) groups is 1. The molecule has 0 radical (unpaired) electrons. The number of halogens is 1. The number of hydrogen-bond acceptors (Lipinski definition) is 3. The Kier molecular flexibility index (Phi) is 5.54. The van der Waals surface area contributed by atoms with Crippen LogP contribution in [-0.4, -0.2) is 19.0 Å². The van der Waals surface area contributed by atoms with Crippen molar-refractivity contribution in [3.63, 3.8) is 0 Å². The number of nitriles is 1. The topological polar surface area (TPSA) is 64.9 Å². The lowest BCUT2D eigenvalue weighted by molar-refractivity contribution is -0.120. The number of carbonyl (C=O) groups excluding carboxylic acids is 1. The summed E-state index contributed by atoms with van der Waals surface area (Å²) in [6.07, 6.45) is 0. The van der Waals surface area contributed by atoms with E-state index in [-0.39, 0.29) is 19.0 Å². The van der Waals surface area contributed by atoms with Gasteiger partial charge in [-0.25, -0.2) is 0 Å². The van der Waals surface area contributed by atoms with Crippen molar-refractivity contribution in [2.75, 3.05) is 13.1 Å². The highest BCUT2D eigenvalue weighted by molar-refractivity contribution is 9.10. The maximum absolute atomic E-state index is 11.1. The second kappa shape index (κ2) is 6.99. The van der Waals surface area contributed by atoms with Gasteiger partial charge in [0.1, 0.15) is 6.54 Å². The molecule has 0 aromatic heterocycles. The van der Waals surface area contributed by atoms with Crippen molar-refractivity contribution in [2.24, 2.45) is 0 Å². The first-order chi connectivity index (χ1) is 7.74. The van der Waals surface area contributed by atoms with Gasteiger partial charge in [-0.3, -0.25) is 4.79 Å². The van der Waals surface area contributed by atoms with Crippen LogP contribution in [0.1, 0.15) is 5.56 Å². The van der Waals surface area contributed by atoms with Gasteiger partial charge in [-0.2, -0.15) is 5.26 Å². The Hall–Kier alpha value is -1.38. The van der Waals surface area contributed by atoms with Gasteiger partial charge in [0.15, 0.2) is 0 Å². The highest BCUT2D eigenvalue weighted by Gasteiger charge is 2.01. The van der Waals surface area contributed by atoms with E-state index in [1.807, 2.05) is 30.3 Å². The Morgan fingerprint density at radius 1 is 1.44 bits per heavy atom. The molecule has 5 heteroatoms. The highest BCUT2D eigenvalue weighted by Crippen LogP contribution is 2.14. The molecule has 0 aliphatic heterocycles. The molecule has 0 bridgehead atoms. The van der Waals surface area contributed by atoms with Gasteiger partial charge < -0.3 is 10.6 Å². The summed E-state index contributed by atoms with van der Waals surface area (Å²) in [6.45, 7) is 0.875. The molecular formula is C11H12BrN3O. The Labute approximate surface area is 103 Å². The lowest BCUT2D eigenvalue weighted by atomic mass is 10.2. The minimum Gasteiger partial charge on any atom is -0.342 e. The van der Waals surface area contributed by atoms with Crippen molar-refractivity contribution in [3.05, 3.63) is 34.3 Å². The fourth-order valence-electron chi connectivity index (χ4n) is 1.15. The third-order valence-electron chi connectivity index (χ3n) is 1.92. The van der Waals surface area contributed by atoms with E-state index in [1.54, 1.807) is 0 Å². The van der Waals surface area contributed by atoms with Crippen LogP contribution in [0.15, 0.2) is 28.7 Å². The van der Waals surface area contributed by atoms with Gasteiger partial charge in [-0.15, -0.1) is 0 Å². The number of amides is 1. The number of nitrogens with zero attached hydrogens (tertiary/aromatic N) is 1. The smallest absolute Gasteiger partial charge is 0.234 e. The average Bonchev–Trinajstić information content (AvgIpc) is 2.29. The van der Waals surface area contributed by atoms with Crippen molar-refractivity contribution in [1.29, 1.82) is 5.26 Å². The van der Waals surface area contributed by atoms with E-state index in [2.05, 4.69) is 26.6 Å². The Bertz CT molecular complexity index is 400. The lowest BCUT2D eigenvalue weighted by Crippen LogP contribution is -2.33. The zero-order chi connectivity index (χ0) is 11.8. The molecule has 1 rings (SSSR count).